The molecule has 2 heterocycles. The monoisotopic (exact) mass is 723 g/mol. The lowest BCUT2D eigenvalue weighted by molar-refractivity contribution is -0.276. The third kappa shape index (κ3) is 9.17. The van der Waals surface area contributed by atoms with Crippen molar-refractivity contribution in [3.05, 3.63) is 118 Å². The highest BCUT2D eigenvalue weighted by Crippen LogP contribution is 2.43. The standard InChI is InChI=1S/C42H49N3O8/c1-5-51-39(47)23-44-42(48)43-22-33-8-6-7-9-35(33)29-14-16-31(17-15-29)41-52-38(27(2)40(53-41)30-12-10-28(26-46)11-13-30)25-45-19-18-32-20-36(49-3)37(50-4)21-34(32)24-45/h6-17,20-21,27,38,40-41,46H,5,18-19,22-26H2,1-4H3,(H2,43,44,48). The summed E-state index contributed by atoms with van der Waals surface area (Å²) in [6.45, 7) is 6.63. The largest absolute Gasteiger partial charge is 0.493 e. The molecule has 2 aliphatic rings. The van der Waals surface area contributed by atoms with Gasteiger partial charge in [0, 0.05) is 37.7 Å². The van der Waals surface area contributed by atoms with Crippen molar-refractivity contribution in [1.82, 2.24) is 15.5 Å². The van der Waals surface area contributed by atoms with E-state index in [4.69, 9.17) is 23.7 Å². The Hall–Kier alpha value is -4.94. The van der Waals surface area contributed by atoms with Crippen LogP contribution in [0, 0.1) is 5.92 Å². The molecule has 2 amide bonds. The number of methoxy groups -OCH3 is 2. The summed E-state index contributed by atoms with van der Waals surface area (Å²) >= 11 is 0. The molecule has 1 saturated heterocycles. The van der Waals surface area contributed by atoms with Crippen molar-refractivity contribution in [2.75, 3.05) is 40.5 Å². The summed E-state index contributed by atoms with van der Waals surface area (Å²) in [4.78, 5) is 26.4. The number of esters is 1. The topological polar surface area (TPSA) is 128 Å². The quantitative estimate of drug-likeness (QED) is 0.141. The van der Waals surface area contributed by atoms with Gasteiger partial charge in [0.15, 0.2) is 17.8 Å². The third-order valence-corrected chi connectivity index (χ3v) is 10.0. The van der Waals surface area contributed by atoms with Crippen LogP contribution in [-0.2, 0) is 45.1 Å². The molecule has 4 unspecified atom stereocenters. The van der Waals surface area contributed by atoms with Gasteiger partial charge < -0.3 is 39.4 Å². The van der Waals surface area contributed by atoms with Gasteiger partial charge in [-0.1, -0.05) is 79.7 Å². The third-order valence-electron chi connectivity index (χ3n) is 10.0. The Bertz CT molecular complexity index is 1850. The summed E-state index contributed by atoms with van der Waals surface area (Å²) in [6, 6.07) is 27.7. The Morgan fingerprint density at radius 3 is 2.28 bits per heavy atom. The molecule has 0 radical (unpaired) electrons. The highest BCUT2D eigenvalue weighted by atomic mass is 16.7. The van der Waals surface area contributed by atoms with Gasteiger partial charge in [-0.2, -0.15) is 0 Å². The first kappa shape index (κ1) is 37.8. The zero-order valence-electron chi connectivity index (χ0n) is 30.8. The fourth-order valence-electron chi connectivity index (χ4n) is 7.06. The number of amides is 2. The number of benzene rings is 4. The molecule has 280 valence electrons. The van der Waals surface area contributed by atoms with E-state index in [9.17, 15) is 14.7 Å². The van der Waals surface area contributed by atoms with Crippen LogP contribution in [0.25, 0.3) is 11.1 Å². The lowest BCUT2D eigenvalue weighted by Crippen LogP contribution is -2.45. The van der Waals surface area contributed by atoms with Crippen LogP contribution in [0.2, 0.25) is 0 Å². The van der Waals surface area contributed by atoms with Crippen molar-refractivity contribution in [3.63, 3.8) is 0 Å². The highest BCUT2D eigenvalue weighted by molar-refractivity contribution is 5.81. The minimum Gasteiger partial charge on any atom is -0.493 e. The lowest BCUT2D eigenvalue weighted by atomic mass is 9.89. The minimum atomic E-state index is -0.603. The first-order chi connectivity index (χ1) is 25.8. The Balaban J connectivity index is 1.19. The van der Waals surface area contributed by atoms with Crippen molar-refractivity contribution in [2.45, 2.75) is 58.5 Å². The molecule has 0 aromatic heterocycles. The number of carbonyl (C=O) groups is 2. The normalized spacial score (nSPS) is 19.9. The molecule has 53 heavy (non-hydrogen) atoms. The number of hydrogen-bond acceptors (Lipinski definition) is 9. The minimum absolute atomic E-state index is 0.0168. The van der Waals surface area contributed by atoms with Crippen LogP contribution in [0.5, 0.6) is 11.5 Å². The van der Waals surface area contributed by atoms with Gasteiger partial charge >= 0.3 is 12.0 Å². The first-order valence-electron chi connectivity index (χ1n) is 18.1. The number of hydrogen-bond donors (Lipinski definition) is 3. The Labute approximate surface area is 311 Å². The van der Waals surface area contributed by atoms with Crippen LogP contribution in [-0.4, -0.2) is 68.6 Å². The molecule has 0 saturated carbocycles. The predicted octanol–water partition coefficient (Wildman–Crippen LogP) is 6.08. The second kappa shape index (κ2) is 17.7. The van der Waals surface area contributed by atoms with E-state index in [1.165, 1.54) is 11.1 Å². The molecule has 6 rings (SSSR count). The molecular formula is C42H49N3O8. The molecule has 2 aliphatic heterocycles. The zero-order valence-corrected chi connectivity index (χ0v) is 30.8. The average molecular weight is 724 g/mol. The second-order valence-electron chi connectivity index (χ2n) is 13.4. The summed E-state index contributed by atoms with van der Waals surface area (Å²) in [5, 5.41) is 15.0. The van der Waals surface area contributed by atoms with Gasteiger partial charge in [-0.3, -0.25) is 9.69 Å². The molecule has 4 aromatic rings. The average Bonchev–Trinajstić information content (AvgIpc) is 3.19. The fourth-order valence-corrected chi connectivity index (χ4v) is 7.06. The lowest BCUT2D eigenvalue weighted by Gasteiger charge is -2.43. The Kier molecular flexibility index (Phi) is 12.6. The van der Waals surface area contributed by atoms with Crippen LogP contribution in [0.4, 0.5) is 4.79 Å². The number of nitrogens with one attached hydrogen (secondary N) is 2. The van der Waals surface area contributed by atoms with Gasteiger partial charge in [0.25, 0.3) is 0 Å². The van der Waals surface area contributed by atoms with Gasteiger partial charge in [0.1, 0.15) is 6.54 Å². The second-order valence-corrected chi connectivity index (χ2v) is 13.4. The van der Waals surface area contributed by atoms with Crippen LogP contribution in [0.1, 0.15) is 59.6 Å². The van der Waals surface area contributed by atoms with Crippen molar-refractivity contribution in [3.8, 4) is 22.6 Å². The predicted molar refractivity (Wildman–Crippen MR) is 200 cm³/mol. The Morgan fingerprint density at radius 2 is 1.58 bits per heavy atom. The van der Waals surface area contributed by atoms with Crippen molar-refractivity contribution in [1.29, 1.82) is 0 Å². The number of urea groups is 1. The molecule has 0 aliphatic carbocycles. The number of ether oxygens (including phenoxy) is 5. The van der Waals surface area contributed by atoms with Crippen LogP contribution >= 0.6 is 0 Å². The number of nitrogens with zero attached hydrogens (tertiary/aromatic N) is 1. The number of fused-ring (bicyclic) bond motifs is 1. The molecule has 4 aromatic carbocycles. The SMILES string of the molecule is CCOC(=O)CNC(=O)NCc1ccccc1-c1ccc(C2OC(CN3CCc4cc(OC)c(OC)cc4C3)C(C)C(c3ccc(CO)cc3)O2)cc1. The van der Waals surface area contributed by atoms with Crippen molar-refractivity contribution >= 4 is 12.0 Å². The molecule has 11 nitrogen and oxygen atoms in total. The molecule has 1 fully saturated rings. The first-order valence-corrected chi connectivity index (χ1v) is 18.1. The molecule has 3 N–H and O–H groups in total. The molecule has 0 bridgehead atoms. The molecular weight excluding hydrogens is 674 g/mol. The number of rotatable bonds is 13. The maximum absolute atomic E-state index is 12.4. The van der Waals surface area contributed by atoms with Gasteiger partial charge in [-0.15, -0.1) is 0 Å². The van der Waals surface area contributed by atoms with E-state index in [0.717, 1.165) is 70.9 Å². The maximum atomic E-state index is 12.4. The summed E-state index contributed by atoms with van der Waals surface area (Å²) in [6.07, 6.45) is -0.0533. The smallest absolute Gasteiger partial charge is 0.325 e. The fraction of sp³-hybridized carbons (Fsp3) is 0.381. The molecule has 4 atom stereocenters. The Morgan fingerprint density at radius 1 is 0.887 bits per heavy atom. The molecule has 11 heteroatoms. The van der Waals surface area contributed by atoms with Gasteiger partial charge in [-0.05, 0) is 64.4 Å². The van der Waals surface area contributed by atoms with Gasteiger partial charge in [-0.25, -0.2) is 4.79 Å². The van der Waals surface area contributed by atoms with E-state index in [2.05, 4.69) is 34.6 Å². The summed E-state index contributed by atoms with van der Waals surface area (Å²) in [7, 11) is 3.33. The summed E-state index contributed by atoms with van der Waals surface area (Å²) in [5.41, 5.74) is 8.17. The number of aliphatic hydroxyl groups is 1. The van der Waals surface area contributed by atoms with Gasteiger partial charge in [0.05, 0.1) is 39.6 Å². The summed E-state index contributed by atoms with van der Waals surface area (Å²) < 4.78 is 29.6. The van der Waals surface area contributed by atoms with E-state index < -0.39 is 18.3 Å². The highest BCUT2D eigenvalue weighted by Gasteiger charge is 2.39. The maximum Gasteiger partial charge on any atom is 0.325 e. The van der Waals surface area contributed by atoms with Gasteiger partial charge in [0.2, 0.25) is 0 Å². The molecule has 0 spiro atoms. The van der Waals surface area contributed by atoms with E-state index in [0.29, 0.717) is 0 Å². The van der Waals surface area contributed by atoms with E-state index in [1.54, 1.807) is 21.1 Å². The van der Waals surface area contributed by atoms with Crippen LogP contribution < -0.4 is 20.1 Å². The van der Waals surface area contributed by atoms with Crippen LogP contribution in [0.15, 0.2) is 84.9 Å². The number of aliphatic hydroxyl groups excluding tert-OH is 1. The van der Waals surface area contributed by atoms with E-state index in [-0.39, 0.29) is 44.4 Å². The zero-order chi connectivity index (χ0) is 37.3. The number of carbonyl (C=O) groups excluding carboxylic acids is 2. The van der Waals surface area contributed by atoms with Crippen molar-refractivity contribution < 1.29 is 38.4 Å². The van der Waals surface area contributed by atoms with Crippen molar-refractivity contribution in [2.24, 2.45) is 5.92 Å². The van der Waals surface area contributed by atoms with Crippen LogP contribution in [0.3, 0.4) is 0 Å². The van der Waals surface area contributed by atoms with E-state index >= 15 is 0 Å². The van der Waals surface area contributed by atoms with E-state index in [1.807, 2.05) is 72.8 Å². The summed E-state index contributed by atoms with van der Waals surface area (Å²) in [5.74, 6) is 1.04.